The number of fused-ring (bicyclic) bond motifs is 1. The van der Waals surface area contributed by atoms with E-state index in [1.165, 1.54) is 30.9 Å². The number of nitrogens with zero attached hydrogens (tertiary/aromatic N) is 4. The second kappa shape index (κ2) is 11.5. The minimum absolute atomic E-state index is 0.0748. The molecule has 196 valence electrons. The number of halogens is 2. The first-order valence-electron chi connectivity index (χ1n) is 12.0. The van der Waals surface area contributed by atoms with Crippen LogP contribution >= 0.6 is 11.6 Å². The first kappa shape index (κ1) is 25.6. The summed E-state index contributed by atoms with van der Waals surface area (Å²) in [4.78, 5) is 29.5. The van der Waals surface area contributed by atoms with Gasteiger partial charge < -0.3 is 20.1 Å². The Morgan fingerprint density at radius 2 is 1.89 bits per heavy atom. The third kappa shape index (κ3) is 5.90. The van der Waals surface area contributed by atoms with Crippen molar-refractivity contribution in [3.05, 3.63) is 65.5 Å². The quantitative estimate of drug-likeness (QED) is 0.296. The number of anilines is 3. The number of ether oxygens (including phenoxy) is 2. The molecular formula is C26H25ClFN7O3. The lowest BCUT2D eigenvalue weighted by atomic mass is 9.99. The van der Waals surface area contributed by atoms with Crippen molar-refractivity contribution in [2.24, 2.45) is 5.92 Å². The van der Waals surface area contributed by atoms with Crippen LogP contribution in [-0.4, -0.2) is 52.6 Å². The van der Waals surface area contributed by atoms with Gasteiger partial charge in [-0.25, -0.2) is 24.3 Å². The zero-order valence-corrected chi connectivity index (χ0v) is 21.3. The van der Waals surface area contributed by atoms with Crippen LogP contribution in [0, 0.1) is 11.7 Å². The number of piperidine rings is 1. The molecule has 1 aliphatic heterocycles. The highest BCUT2D eigenvalue weighted by atomic mass is 35.5. The molecule has 5 rings (SSSR count). The van der Waals surface area contributed by atoms with Crippen LogP contribution in [0.4, 0.5) is 21.8 Å². The zero-order chi connectivity index (χ0) is 26.5. The van der Waals surface area contributed by atoms with Crippen molar-refractivity contribution in [1.82, 2.24) is 25.3 Å². The predicted molar refractivity (Wildman–Crippen MR) is 142 cm³/mol. The molecule has 4 aromatic rings. The summed E-state index contributed by atoms with van der Waals surface area (Å²) in [5.41, 5.74) is 1.41. The second-order valence-corrected chi connectivity index (χ2v) is 9.16. The zero-order valence-electron chi connectivity index (χ0n) is 20.5. The highest BCUT2D eigenvalue weighted by Gasteiger charge is 2.17. The van der Waals surface area contributed by atoms with E-state index in [0.29, 0.717) is 41.0 Å². The standard InChI is InChI=1S/C26H25ClFN7O3/c1-37-22-9-18-21(10-23(22)38-13-15-4-6-29-7-5-15)32-14-33-24(18)34-17-11-30-26(31-12-17)35-25(36)16-2-3-20(28)19(27)8-16/h2-3,8-12,14-15,29H,4-7,13H2,1H3,(H,32,33,34)(H,30,31,35,36). The van der Waals surface area contributed by atoms with Crippen molar-refractivity contribution < 1.29 is 18.7 Å². The summed E-state index contributed by atoms with van der Waals surface area (Å²) in [7, 11) is 1.59. The second-order valence-electron chi connectivity index (χ2n) is 8.75. The van der Waals surface area contributed by atoms with Crippen molar-refractivity contribution >= 4 is 45.9 Å². The maximum atomic E-state index is 13.4. The smallest absolute Gasteiger partial charge is 0.258 e. The third-order valence-corrected chi connectivity index (χ3v) is 6.47. The molecule has 10 nitrogen and oxygen atoms in total. The van der Waals surface area contributed by atoms with Gasteiger partial charge in [0.25, 0.3) is 5.91 Å². The van der Waals surface area contributed by atoms with Gasteiger partial charge in [0.1, 0.15) is 18.0 Å². The SMILES string of the molecule is COc1cc2c(Nc3cnc(NC(=O)c4ccc(F)c(Cl)c4)nc3)ncnc2cc1OCC1CCNCC1. The molecule has 1 fully saturated rings. The van der Waals surface area contributed by atoms with E-state index in [1.54, 1.807) is 7.11 Å². The van der Waals surface area contributed by atoms with Crippen molar-refractivity contribution in [1.29, 1.82) is 0 Å². The monoisotopic (exact) mass is 537 g/mol. The Bertz CT molecular complexity index is 1450. The molecule has 0 spiro atoms. The maximum absolute atomic E-state index is 13.4. The summed E-state index contributed by atoms with van der Waals surface area (Å²) in [6.45, 7) is 2.63. The van der Waals surface area contributed by atoms with Crippen LogP contribution in [0.3, 0.4) is 0 Å². The number of amides is 1. The summed E-state index contributed by atoms with van der Waals surface area (Å²) in [6.07, 6.45) is 6.62. The van der Waals surface area contributed by atoms with Crippen molar-refractivity contribution in [3.8, 4) is 11.5 Å². The summed E-state index contributed by atoms with van der Waals surface area (Å²) < 4.78 is 25.1. The van der Waals surface area contributed by atoms with E-state index >= 15 is 0 Å². The van der Waals surface area contributed by atoms with Gasteiger partial charge in [0.15, 0.2) is 11.5 Å². The van der Waals surface area contributed by atoms with Crippen LogP contribution in [-0.2, 0) is 0 Å². The number of nitrogens with one attached hydrogen (secondary N) is 3. The van der Waals surface area contributed by atoms with Crippen molar-refractivity contribution in [2.75, 3.05) is 37.4 Å². The van der Waals surface area contributed by atoms with Crippen LogP contribution < -0.4 is 25.4 Å². The predicted octanol–water partition coefficient (Wildman–Crippen LogP) is 4.60. The largest absolute Gasteiger partial charge is 0.493 e. The summed E-state index contributed by atoms with van der Waals surface area (Å²) in [5.74, 6) is 1.20. The van der Waals surface area contributed by atoms with E-state index in [4.69, 9.17) is 21.1 Å². The van der Waals surface area contributed by atoms with Crippen LogP contribution in [0.2, 0.25) is 5.02 Å². The van der Waals surface area contributed by atoms with Crippen LogP contribution in [0.25, 0.3) is 10.9 Å². The van der Waals surface area contributed by atoms with E-state index in [1.807, 2.05) is 12.1 Å². The molecule has 1 saturated heterocycles. The molecule has 1 aliphatic rings. The molecule has 1 amide bonds. The van der Waals surface area contributed by atoms with E-state index in [0.717, 1.165) is 37.4 Å². The van der Waals surface area contributed by atoms with Crippen LogP contribution in [0.15, 0.2) is 49.1 Å². The maximum Gasteiger partial charge on any atom is 0.258 e. The van der Waals surface area contributed by atoms with Gasteiger partial charge in [-0.05, 0) is 56.1 Å². The fourth-order valence-electron chi connectivity index (χ4n) is 4.10. The van der Waals surface area contributed by atoms with E-state index in [-0.39, 0.29) is 16.5 Å². The Labute approximate surface area is 223 Å². The molecule has 3 heterocycles. The number of methoxy groups -OCH3 is 1. The molecular weight excluding hydrogens is 513 g/mol. The topological polar surface area (TPSA) is 123 Å². The van der Waals surface area contributed by atoms with Crippen molar-refractivity contribution in [2.45, 2.75) is 12.8 Å². The Balaban J connectivity index is 1.29. The first-order valence-corrected chi connectivity index (χ1v) is 12.4. The average molecular weight is 538 g/mol. The lowest BCUT2D eigenvalue weighted by molar-refractivity contribution is 0.102. The number of carbonyl (C=O) groups excluding carboxylic acids is 1. The number of rotatable bonds is 8. The number of hydrogen-bond donors (Lipinski definition) is 3. The minimum atomic E-state index is -0.606. The highest BCUT2D eigenvalue weighted by molar-refractivity contribution is 6.31. The molecule has 2 aromatic heterocycles. The molecule has 12 heteroatoms. The highest BCUT2D eigenvalue weighted by Crippen LogP contribution is 2.35. The number of benzene rings is 2. The van der Waals surface area contributed by atoms with Gasteiger partial charge >= 0.3 is 0 Å². The lowest BCUT2D eigenvalue weighted by Gasteiger charge is -2.23. The van der Waals surface area contributed by atoms with Gasteiger partial charge in [-0.2, -0.15) is 0 Å². The van der Waals surface area contributed by atoms with Gasteiger partial charge in [0.2, 0.25) is 5.95 Å². The number of hydrogen-bond acceptors (Lipinski definition) is 9. The molecule has 0 aliphatic carbocycles. The summed E-state index contributed by atoms with van der Waals surface area (Å²) in [5, 5.41) is 9.67. The molecule has 0 bridgehead atoms. The van der Waals surface area contributed by atoms with E-state index in [9.17, 15) is 9.18 Å². The fraction of sp³-hybridized carbons (Fsp3) is 0.269. The van der Waals surface area contributed by atoms with Gasteiger partial charge in [0.05, 0.1) is 42.3 Å². The third-order valence-electron chi connectivity index (χ3n) is 6.18. The van der Waals surface area contributed by atoms with Crippen LogP contribution in [0.1, 0.15) is 23.2 Å². The average Bonchev–Trinajstić information content (AvgIpc) is 2.94. The molecule has 38 heavy (non-hydrogen) atoms. The Morgan fingerprint density at radius 1 is 1.11 bits per heavy atom. The minimum Gasteiger partial charge on any atom is -0.493 e. The summed E-state index contributed by atoms with van der Waals surface area (Å²) in [6, 6.07) is 7.36. The Kier molecular flexibility index (Phi) is 7.75. The molecule has 0 atom stereocenters. The Hall–Kier alpha value is -4.09. The first-order chi connectivity index (χ1) is 18.5. The molecule has 0 radical (unpaired) electrons. The van der Waals surface area contributed by atoms with Gasteiger partial charge in [-0.3, -0.25) is 10.1 Å². The fourth-order valence-corrected chi connectivity index (χ4v) is 4.28. The molecule has 0 saturated carbocycles. The van der Waals surface area contributed by atoms with E-state index in [2.05, 4.69) is 35.9 Å². The molecule has 0 unspecified atom stereocenters. The molecule has 3 N–H and O–H groups in total. The normalized spacial score (nSPS) is 13.8. The number of carbonyl (C=O) groups is 1. The lowest BCUT2D eigenvalue weighted by Crippen LogP contribution is -2.30. The molecule has 2 aromatic carbocycles. The van der Waals surface area contributed by atoms with Gasteiger partial charge in [-0.1, -0.05) is 11.6 Å². The number of aromatic nitrogens is 4. The van der Waals surface area contributed by atoms with Crippen LogP contribution in [0.5, 0.6) is 11.5 Å². The summed E-state index contributed by atoms with van der Waals surface area (Å²) >= 11 is 5.75. The van der Waals surface area contributed by atoms with E-state index < -0.39 is 11.7 Å². The van der Waals surface area contributed by atoms with Gasteiger partial charge in [-0.15, -0.1) is 0 Å². The van der Waals surface area contributed by atoms with Gasteiger partial charge in [0, 0.05) is 17.0 Å². The Morgan fingerprint density at radius 3 is 2.63 bits per heavy atom. The van der Waals surface area contributed by atoms with Crippen molar-refractivity contribution in [3.63, 3.8) is 0 Å².